The van der Waals surface area contributed by atoms with Crippen molar-refractivity contribution in [2.45, 2.75) is 25.8 Å². The Morgan fingerprint density at radius 3 is 2.92 bits per heavy atom. The summed E-state index contributed by atoms with van der Waals surface area (Å²) in [7, 11) is 0. The molecule has 66 valence electrons. The average Bonchev–Trinajstić information content (AvgIpc) is 2.01. The smallest absolute Gasteiger partial charge is 0.129 e. The van der Waals surface area contributed by atoms with Gasteiger partial charge in [-0.1, -0.05) is 17.7 Å². The third kappa shape index (κ3) is 3.20. The number of hydrogen-bond donors (Lipinski definition) is 1. The Labute approximate surface area is 77.8 Å². The molecule has 0 fully saturated rings. The summed E-state index contributed by atoms with van der Waals surface area (Å²) < 4.78 is 0. The molecule has 0 aliphatic carbocycles. The molecule has 2 nitrogen and oxygen atoms in total. The lowest BCUT2D eigenvalue weighted by Crippen LogP contribution is -2.15. The number of rotatable bonds is 3. The third-order valence-corrected chi connectivity index (χ3v) is 1.84. The highest BCUT2D eigenvalue weighted by atomic mass is 35.5. The first-order valence-electron chi connectivity index (χ1n) is 4.05. The third-order valence-electron chi connectivity index (χ3n) is 1.63. The molecule has 0 saturated heterocycles. The van der Waals surface area contributed by atoms with Gasteiger partial charge in [-0.2, -0.15) is 0 Å². The van der Waals surface area contributed by atoms with E-state index in [1.807, 2.05) is 19.1 Å². The van der Waals surface area contributed by atoms with Gasteiger partial charge in [0.05, 0.1) is 0 Å². The van der Waals surface area contributed by atoms with Crippen LogP contribution in [0.5, 0.6) is 0 Å². The summed E-state index contributed by atoms with van der Waals surface area (Å²) in [5.74, 6) is 0. The van der Waals surface area contributed by atoms with Crippen molar-refractivity contribution in [1.29, 1.82) is 0 Å². The summed E-state index contributed by atoms with van der Waals surface area (Å²) in [4.78, 5) is 4.16. The SMILES string of the molecule is C[C@H](N)CCc1cccc(Cl)n1. The van der Waals surface area contributed by atoms with Gasteiger partial charge in [0.15, 0.2) is 0 Å². The minimum absolute atomic E-state index is 0.228. The van der Waals surface area contributed by atoms with Crippen LogP contribution in [0.1, 0.15) is 19.0 Å². The molecule has 0 spiro atoms. The summed E-state index contributed by atoms with van der Waals surface area (Å²) in [5.41, 5.74) is 6.63. The van der Waals surface area contributed by atoms with Crippen molar-refractivity contribution in [1.82, 2.24) is 4.98 Å². The lowest BCUT2D eigenvalue weighted by molar-refractivity contribution is 0.658. The van der Waals surface area contributed by atoms with E-state index >= 15 is 0 Å². The minimum atomic E-state index is 0.228. The van der Waals surface area contributed by atoms with E-state index in [4.69, 9.17) is 17.3 Å². The Kier molecular flexibility index (Phi) is 3.50. The second-order valence-corrected chi connectivity index (χ2v) is 3.35. The highest BCUT2D eigenvalue weighted by molar-refractivity contribution is 6.29. The number of halogens is 1. The Hall–Kier alpha value is -0.600. The van der Waals surface area contributed by atoms with Gasteiger partial charge in [0.25, 0.3) is 0 Å². The van der Waals surface area contributed by atoms with Crippen LogP contribution >= 0.6 is 11.6 Å². The Morgan fingerprint density at radius 2 is 2.33 bits per heavy atom. The molecule has 0 aromatic carbocycles. The van der Waals surface area contributed by atoms with E-state index in [1.165, 1.54) is 0 Å². The van der Waals surface area contributed by atoms with Crippen LogP contribution in [0.3, 0.4) is 0 Å². The summed E-state index contributed by atoms with van der Waals surface area (Å²) in [6, 6.07) is 5.88. The number of nitrogens with two attached hydrogens (primary N) is 1. The van der Waals surface area contributed by atoms with E-state index in [0.29, 0.717) is 5.15 Å². The quantitative estimate of drug-likeness (QED) is 0.730. The van der Waals surface area contributed by atoms with E-state index in [1.54, 1.807) is 6.07 Å². The molecule has 0 unspecified atom stereocenters. The van der Waals surface area contributed by atoms with Gasteiger partial charge >= 0.3 is 0 Å². The molecule has 3 heteroatoms. The first-order valence-corrected chi connectivity index (χ1v) is 4.43. The van der Waals surface area contributed by atoms with Crippen molar-refractivity contribution in [2.75, 3.05) is 0 Å². The van der Waals surface area contributed by atoms with Crippen LogP contribution < -0.4 is 5.73 Å². The molecular weight excluding hydrogens is 172 g/mol. The topological polar surface area (TPSA) is 38.9 Å². The van der Waals surface area contributed by atoms with Crippen molar-refractivity contribution in [3.05, 3.63) is 29.0 Å². The Bertz CT molecular complexity index is 248. The van der Waals surface area contributed by atoms with Crippen LogP contribution in [0, 0.1) is 0 Å². The van der Waals surface area contributed by atoms with Crippen LogP contribution in [0.4, 0.5) is 0 Å². The highest BCUT2D eigenvalue weighted by Crippen LogP contribution is 2.07. The summed E-state index contributed by atoms with van der Waals surface area (Å²) in [5, 5.41) is 0.553. The molecule has 0 bridgehead atoms. The fraction of sp³-hybridized carbons (Fsp3) is 0.444. The molecule has 0 radical (unpaired) electrons. The van der Waals surface area contributed by atoms with Crippen LogP contribution in [-0.4, -0.2) is 11.0 Å². The molecule has 12 heavy (non-hydrogen) atoms. The molecule has 1 heterocycles. The van der Waals surface area contributed by atoms with Gasteiger partial charge < -0.3 is 5.73 Å². The maximum absolute atomic E-state index is 5.72. The lowest BCUT2D eigenvalue weighted by atomic mass is 10.1. The normalized spacial score (nSPS) is 12.9. The maximum atomic E-state index is 5.72. The number of aryl methyl sites for hydroxylation is 1. The minimum Gasteiger partial charge on any atom is -0.328 e. The second kappa shape index (κ2) is 4.43. The molecule has 1 atom stereocenters. The molecule has 0 aliphatic rings. The fourth-order valence-electron chi connectivity index (χ4n) is 0.965. The van der Waals surface area contributed by atoms with Crippen molar-refractivity contribution in [3.8, 4) is 0 Å². The van der Waals surface area contributed by atoms with E-state index in [2.05, 4.69) is 4.98 Å². The molecule has 1 rings (SSSR count). The van der Waals surface area contributed by atoms with Crippen LogP contribution in [0.2, 0.25) is 5.15 Å². The molecule has 0 saturated carbocycles. The van der Waals surface area contributed by atoms with Crippen LogP contribution in [0.15, 0.2) is 18.2 Å². The molecule has 0 aliphatic heterocycles. The van der Waals surface area contributed by atoms with Crippen LogP contribution in [-0.2, 0) is 6.42 Å². The Balaban J connectivity index is 2.52. The van der Waals surface area contributed by atoms with Crippen LogP contribution in [0.25, 0.3) is 0 Å². The van der Waals surface area contributed by atoms with Gasteiger partial charge in [-0.15, -0.1) is 0 Å². The number of aromatic nitrogens is 1. The zero-order chi connectivity index (χ0) is 8.97. The van der Waals surface area contributed by atoms with Gasteiger partial charge in [-0.05, 0) is 31.9 Å². The van der Waals surface area contributed by atoms with Crippen molar-refractivity contribution in [2.24, 2.45) is 5.73 Å². The zero-order valence-electron chi connectivity index (χ0n) is 7.13. The predicted octanol–water partition coefficient (Wildman–Crippen LogP) is 2.01. The van der Waals surface area contributed by atoms with Crippen molar-refractivity contribution in [3.63, 3.8) is 0 Å². The van der Waals surface area contributed by atoms with Gasteiger partial charge in [0.1, 0.15) is 5.15 Å². The zero-order valence-corrected chi connectivity index (χ0v) is 7.88. The number of nitrogens with zero attached hydrogens (tertiary/aromatic N) is 1. The fourth-order valence-corrected chi connectivity index (χ4v) is 1.15. The lowest BCUT2D eigenvalue weighted by Gasteiger charge is -2.03. The van der Waals surface area contributed by atoms with E-state index in [-0.39, 0.29) is 6.04 Å². The van der Waals surface area contributed by atoms with Crippen molar-refractivity contribution >= 4 is 11.6 Å². The van der Waals surface area contributed by atoms with Gasteiger partial charge in [0, 0.05) is 11.7 Å². The molecule has 1 aromatic rings. The standard InChI is InChI=1S/C9H13ClN2/c1-7(11)5-6-8-3-2-4-9(10)12-8/h2-4,7H,5-6,11H2,1H3/t7-/m0/s1. The first kappa shape index (κ1) is 9.49. The number of pyridine rings is 1. The molecule has 0 amide bonds. The van der Waals surface area contributed by atoms with E-state index < -0.39 is 0 Å². The maximum Gasteiger partial charge on any atom is 0.129 e. The largest absolute Gasteiger partial charge is 0.328 e. The highest BCUT2D eigenvalue weighted by Gasteiger charge is 1.98. The van der Waals surface area contributed by atoms with E-state index in [0.717, 1.165) is 18.5 Å². The van der Waals surface area contributed by atoms with Gasteiger partial charge in [-0.25, -0.2) is 4.98 Å². The number of hydrogen-bond acceptors (Lipinski definition) is 2. The average molecular weight is 185 g/mol. The summed E-state index contributed by atoms with van der Waals surface area (Å²) in [6.07, 6.45) is 1.85. The van der Waals surface area contributed by atoms with Gasteiger partial charge in [0.2, 0.25) is 0 Å². The summed E-state index contributed by atoms with van der Waals surface area (Å²) in [6.45, 7) is 1.99. The molecule has 1 aromatic heterocycles. The molecule has 2 N–H and O–H groups in total. The predicted molar refractivity (Wildman–Crippen MR) is 51.2 cm³/mol. The summed E-state index contributed by atoms with van der Waals surface area (Å²) >= 11 is 5.72. The molecular formula is C9H13ClN2. The Morgan fingerprint density at radius 1 is 1.58 bits per heavy atom. The first-order chi connectivity index (χ1) is 5.68. The van der Waals surface area contributed by atoms with Gasteiger partial charge in [-0.3, -0.25) is 0 Å². The second-order valence-electron chi connectivity index (χ2n) is 2.97. The van der Waals surface area contributed by atoms with Crippen molar-refractivity contribution < 1.29 is 0 Å². The monoisotopic (exact) mass is 184 g/mol. The van der Waals surface area contributed by atoms with E-state index in [9.17, 15) is 0 Å².